The Hall–Kier alpha value is -0.860. The Balaban J connectivity index is 1.72. The Labute approximate surface area is 160 Å². The standard InChI is InChI=1S/C23H40O3/c1-3-4-5-12-22-19(17-18-10-6-8-13-21(18)22)15-16-20(24)11-7-9-14-23(25)26-2/h18-19,21-22H,3-17H2,1-2H3. The molecule has 2 aliphatic carbocycles. The lowest BCUT2D eigenvalue weighted by atomic mass is 9.75. The van der Waals surface area contributed by atoms with Crippen LogP contribution < -0.4 is 0 Å². The van der Waals surface area contributed by atoms with Gasteiger partial charge in [0.2, 0.25) is 0 Å². The zero-order valence-corrected chi connectivity index (χ0v) is 17.1. The molecule has 0 amide bonds. The number of carbonyl (C=O) groups is 2. The quantitative estimate of drug-likeness (QED) is 0.311. The molecule has 0 aliphatic heterocycles. The van der Waals surface area contributed by atoms with E-state index in [-0.39, 0.29) is 5.97 Å². The predicted molar refractivity (Wildman–Crippen MR) is 106 cm³/mol. The Morgan fingerprint density at radius 2 is 1.69 bits per heavy atom. The van der Waals surface area contributed by atoms with Gasteiger partial charge in [-0.3, -0.25) is 9.59 Å². The summed E-state index contributed by atoms with van der Waals surface area (Å²) in [7, 11) is 1.42. The first-order valence-corrected chi connectivity index (χ1v) is 11.2. The zero-order chi connectivity index (χ0) is 18.8. The van der Waals surface area contributed by atoms with Crippen LogP contribution in [0.3, 0.4) is 0 Å². The number of hydrogen-bond donors (Lipinski definition) is 0. The predicted octanol–water partition coefficient (Wildman–Crippen LogP) is 6.09. The molecule has 0 heterocycles. The molecule has 2 fully saturated rings. The summed E-state index contributed by atoms with van der Waals surface area (Å²) in [6.45, 7) is 2.29. The second kappa shape index (κ2) is 11.8. The van der Waals surface area contributed by atoms with Crippen molar-refractivity contribution in [3.63, 3.8) is 0 Å². The van der Waals surface area contributed by atoms with Gasteiger partial charge >= 0.3 is 5.97 Å². The van der Waals surface area contributed by atoms with Crippen molar-refractivity contribution in [2.45, 2.75) is 103 Å². The molecule has 3 heteroatoms. The number of Topliss-reactive ketones (excluding diaryl/α,β-unsaturated/α-hetero) is 1. The van der Waals surface area contributed by atoms with Gasteiger partial charge in [-0.15, -0.1) is 0 Å². The smallest absolute Gasteiger partial charge is 0.305 e. The monoisotopic (exact) mass is 364 g/mol. The van der Waals surface area contributed by atoms with E-state index in [4.69, 9.17) is 0 Å². The molecule has 2 aliphatic rings. The van der Waals surface area contributed by atoms with Crippen LogP contribution in [0.2, 0.25) is 0 Å². The van der Waals surface area contributed by atoms with Gasteiger partial charge in [-0.2, -0.15) is 0 Å². The Bertz CT molecular complexity index is 431. The molecule has 26 heavy (non-hydrogen) atoms. The first-order valence-electron chi connectivity index (χ1n) is 11.2. The molecule has 0 spiro atoms. The van der Waals surface area contributed by atoms with E-state index in [1.165, 1.54) is 64.9 Å². The summed E-state index contributed by atoms with van der Waals surface area (Å²) in [6, 6.07) is 0. The minimum absolute atomic E-state index is 0.166. The lowest BCUT2D eigenvalue weighted by molar-refractivity contribution is -0.140. The van der Waals surface area contributed by atoms with Crippen LogP contribution in [0.1, 0.15) is 103 Å². The van der Waals surface area contributed by atoms with Crippen LogP contribution in [0.15, 0.2) is 0 Å². The van der Waals surface area contributed by atoms with Gasteiger partial charge in [-0.05, 0) is 62.2 Å². The highest BCUT2D eigenvalue weighted by molar-refractivity contribution is 5.78. The van der Waals surface area contributed by atoms with Crippen molar-refractivity contribution in [1.29, 1.82) is 0 Å². The van der Waals surface area contributed by atoms with Crippen LogP contribution in [0, 0.1) is 23.7 Å². The van der Waals surface area contributed by atoms with Gasteiger partial charge < -0.3 is 4.74 Å². The number of ether oxygens (including phenoxy) is 1. The lowest BCUT2D eigenvalue weighted by Gasteiger charge is -2.30. The van der Waals surface area contributed by atoms with Crippen LogP contribution in [0.25, 0.3) is 0 Å². The van der Waals surface area contributed by atoms with Crippen molar-refractivity contribution in [3.8, 4) is 0 Å². The number of methoxy groups -OCH3 is 1. The Morgan fingerprint density at radius 3 is 2.46 bits per heavy atom. The highest BCUT2D eigenvalue weighted by atomic mass is 16.5. The largest absolute Gasteiger partial charge is 0.469 e. The van der Waals surface area contributed by atoms with Crippen molar-refractivity contribution >= 4 is 11.8 Å². The molecule has 3 nitrogen and oxygen atoms in total. The number of unbranched alkanes of at least 4 members (excludes halogenated alkanes) is 3. The van der Waals surface area contributed by atoms with Crippen LogP contribution >= 0.6 is 0 Å². The highest BCUT2D eigenvalue weighted by Crippen LogP contribution is 2.52. The highest BCUT2D eigenvalue weighted by Gasteiger charge is 2.42. The van der Waals surface area contributed by atoms with Gasteiger partial charge in [-0.1, -0.05) is 45.4 Å². The summed E-state index contributed by atoms with van der Waals surface area (Å²) in [4.78, 5) is 23.4. The maximum Gasteiger partial charge on any atom is 0.305 e. The fourth-order valence-electron chi connectivity index (χ4n) is 5.58. The third kappa shape index (κ3) is 6.70. The topological polar surface area (TPSA) is 43.4 Å². The normalized spacial score (nSPS) is 27.9. The molecule has 0 N–H and O–H groups in total. The van der Waals surface area contributed by atoms with E-state index < -0.39 is 0 Å². The first-order chi connectivity index (χ1) is 12.7. The molecule has 0 aromatic rings. The minimum Gasteiger partial charge on any atom is -0.469 e. The second-order valence-electron chi connectivity index (χ2n) is 8.72. The summed E-state index contributed by atoms with van der Waals surface area (Å²) in [5.74, 6) is 3.83. The van der Waals surface area contributed by atoms with E-state index in [0.717, 1.165) is 49.4 Å². The molecular weight excluding hydrogens is 324 g/mol. The van der Waals surface area contributed by atoms with Gasteiger partial charge in [0, 0.05) is 19.3 Å². The fourth-order valence-corrected chi connectivity index (χ4v) is 5.58. The van der Waals surface area contributed by atoms with Crippen LogP contribution in [-0.2, 0) is 14.3 Å². The number of carbonyl (C=O) groups excluding carboxylic acids is 2. The molecular formula is C23H40O3. The number of ketones is 1. The van der Waals surface area contributed by atoms with E-state index in [2.05, 4.69) is 11.7 Å². The molecule has 0 bridgehead atoms. The molecule has 2 saturated carbocycles. The second-order valence-corrected chi connectivity index (χ2v) is 8.72. The van der Waals surface area contributed by atoms with E-state index in [9.17, 15) is 9.59 Å². The number of rotatable bonds is 12. The summed E-state index contributed by atoms with van der Waals surface area (Å²) in [6.07, 6.45) is 17.1. The fraction of sp³-hybridized carbons (Fsp3) is 0.913. The van der Waals surface area contributed by atoms with E-state index in [0.29, 0.717) is 18.6 Å². The third-order valence-corrected chi connectivity index (χ3v) is 6.98. The summed E-state index contributed by atoms with van der Waals surface area (Å²) < 4.78 is 4.65. The molecule has 0 saturated heterocycles. The van der Waals surface area contributed by atoms with Gasteiger partial charge in [0.15, 0.2) is 0 Å². The molecule has 0 radical (unpaired) electrons. The van der Waals surface area contributed by atoms with Crippen LogP contribution in [0.4, 0.5) is 0 Å². The van der Waals surface area contributed by atoms with E-state index in [1.54, 1.807) is 0 Å². The Morgan fingerprint density at radius 1 is 0.923 bits per heavy atom. The van der Waals surface area contributed by atoms with E-state index >= 15 is 0 Å². The van der Waals surface area contributed by atoms with Gasteiger partial charge in [0.1, 0.15) is 5.78 Å². The summed E-state index contributed by atoms with van der Waals surface area (Å²) >= 11 is 0. The molecule has 0 aromatic heterocycles. The number of fused-ring (bicyclic) bond motifs is 1. The average Bonchev–Trinajstić information content (AvgIpc) is 3.01. The van der Waals surface area contributed by atoms with Crippen LogP contribution in [-0.4, -0.2) is 18.9 Å². The van der Waals surface area contributed by atoms with Gasteiger partial charge in [0.05, 0.1) is 7.11 Å². The summed E-state index contributed by atoms with van der Waals surface area (Å²) in [5, 5.41) is 0. The zero-order valence-electron chi connectivity index (χ0n) is 17.1. The maximum absolute atomic E-state index is 12.3. The number of hydrogen-bond acceptors (Lipinski definition) is 3. The minimum atomic E-state index is -0.166. The number of esters is 1. The van der Waals surface area contributed by atoms with Crippen molar-refractivity contribution < 1.29 is 14.3 Å². The maximum atomic E-state index is 12.3. The third-order valence-electron chi connectivity index (χ3n) is 6.98. The lowest BCUT2D eigenvalue weighted by Crippen LogP contribution is -2.21. The van der Waals surface area contributed by atoms with Gasteiger partial charge in [0.25, 0.3) is 0 Å². The molecule has 150 valence electrons. The Kier molecular flexibility index (Phi) is 9.71. The SMILES string of the molecule is CCCCCC1C(CCC(=O)CCCCC(=O)OC)CC2CCCCC21. The first kappa shape index (κ1) is 21.4. The molecule has 4 unspecified atom stereocenters. The van der Waals surface area contributed by atoms with Gasteiger partial charge in [-0.25, -0.2) is 0 Å². The average molecular weight is 365 g/mol. The molecule has 0 aromatic carbocycles. The van der Waals surface area contributed by atoms with Crippen molar-refractivity contribution in [2.24, 2.45) is 23.7 Å². The summed E-state index contributed by atoms with van der Waals surface area (Å²) in [5.41, 5.74) is 0. The van der Waals surface area contributed by atoms with Crippen molar-refractivity contribution in [3.05, 3.63) is 0 Å². The molecule has 2 rings (SSSR count). The van der Waals surface area contributed by atoms with Crippen LogP contribution in [0.5, 0.6) is 0 Å². The van der Waals surface area contributed by atoms with E-state index in [1.807, 2.05) is 0 Å². The van der Waals surface area contributed by atoms with Crippen molar-refractivity contribution in [2.75, 3.05) is 7.11 Å². The molecule has 4 atom stereocenters. The van der Waals surface area contributed by atoms with Crippen molar-refractivity contribution in [1.82, 2.24) is 0 Å².